The van der Waals surface area contributed by atoms with Crippen molar-refractivity contribution in [1.82, 2.24) is 3.97 Å². The summed E-state index contributed by atoms with van der Waals surface area (Å²) in [5.74, 6) is -1.28. The molecule has 112 valence electrons. The number of fused-ring (bicyclic) bond motifs is 1. The standard InChI is InChI=1S/C16H13NO4S/c1-11-6-5-9-14-13(11)10-15(16(18)19)17(14)22(20,21)12-7-3-2-4-8-12/h2-10H,1H3,(H,18,19). The molecule has 0 fully saturated rings. The lowest BCUT2D eigenvalue weighted by Crippen LogP contribution is -2.18. The van der Waals surface area contributed by atoms with Crippen molar-refractivity contribution >= 4 is 26.9 Å². The molecule has 1 heterocycles. The van der Waals surface area contributed by atoms with Crippen molar-refractivity contribution in [2.75, 3.05) is 0 Å². The van der Waals surface area contributed by atoms with Gasteiger partial charge in [-0.15, -0.1) is 0 Å². The topological polar surface area (TPSA) is 76.4 Å². The molecule has 1 aromatic heterocycles. The van der Waals surface area contributed by atoms with Crippen LogP contribution in [0.2, 0.25) is 0 Å². The molecule has 3 aromatic rings. The van der Waals surface area contributed by atoms with Gasteiger partial charge in [0.05, 0.1) is 10.4 Å². The van der Waals surface area contributed by atoms with E-state index >= 15 is 0 Å². The van der Waals surface area contributed by atoms with Gasteiger partial charge in [-0.3, -0.25) is 0 Å². The van der Waals surface area contributed by atoms with E-state index in [1.807, 2.05) is 13.0 Å². The predicted octanol–water partition coefficient (Wildman–Crippen LogP) is 2.88. The van der Waals surface area contributed by atoms with E-state index in [0.29, 0.717) is 10.9 Å². The molecular formula is C16H13NO4S. The summed E-state index contributed by atoms with van der Waals surface area (Å²) < 4.78 is 26.6. The zero-order valence-corrected chi connectivity index (χ0v) is 12.5. The first-order valence-electron chi connectivity index (χ1n) is 6.58. The number of benzene rings is 2. The number of carboxylic acid groups (broad SMARTS) is 1. The molecule has 0 aliphatic carbocycles. The molecule has 0 aliphatic heterocycles. The highest BCUT2D eigenvalue weighted by atomic mass is 32.2. The number of hydrogen-bond donors (Lipinski definition) is 1. The normalized spacial score (nSPS) is 11.7. The summed E-state index contributed by atoms with van der Waals surface area (Å²) in [7, 11) is -3.98. The van der Waals surface area contributed by atoms with Crippen LogP contribution in [0.4, 0.5) is 0 Å². The zero-order valence-electron chi connectivity index (χ0n) is 11.7. The van der Waals surface area contributed by atoms with Gasteiger partial charge in [-0.05, 0) is 36.8 Å². The lowest BCUT2D eigenvalue weighted by molar-refractivity contribution is 0.0689. The molecule has 6 heteroatoms. The first-order chi connectivity index (χ1) is 10.4. The van der Waals surface area contributed by atoms with Crippen LogP contribution < -0.4 is 0 Å². The first kappa shape index (κ1) is 14.3. The van der Waals surface area contributed by atoms with E-state index in [1.54, 1.807) is 30.3 Å². The number of carboxylic acids is 1. The van der Waals surface area contributed by atoms with E-state index in [2.05, 4.69) is 0 Å². The van der Waals surface area contributed by atoms with Gasteiger partial charge in [0.1, 0.15) is 5.69 Å². The molecule has 0 saturated heterocycles. The van der Waals surface area contributed by atoms with Crippen molar-refractivity contribution in [3.05, 3.63) is 65.9 Å². The van der Waals surface area contributed by atoms with Gasteiger partial charge in [0.15, 0.2) is 0 Å². The Labute approximate surface area is 127 Å². The summed E-state index contributed by atoms with van der Waals surface area (Å²) in [5.41, 5.74) is 0.913. The second-order valence-corrected chi connectivity index (χ2v) is 6.71. The fourth-order valence-electron chi connectivity index (χ4n) is 2.46. The third-order valence-electron chi connectivity index (χ3n) is 3.52. The van der Waals surface area contributed by atoms with Gasteiger partial charge in [-0.2, -0.15) is 0 Å². The molecule has 0 spiro atoms. The van der Waals surface area contributed by atoms with Crippen LogP contribution >= 0.6 is 0 Å². The second kappa shape index (κ2) is 4.99. The van der Waals surface area contributed by atoms with E-state index in [1.165, 1.54) is 18.2 Å². The average molecular weight is 315 g/mol. The molecule has 0 atom stereocenters. The monoisotopic (exact) mass is 315 g/mol. The molecule has 0 bridgehead atoms. The SMILES string of the molecule is Cc1cccc2c1cc(C(=O)O)n2S(=O)(=O)c1ccccc1. The molecule has 0 radical (unpaired) electrons. The van der Waals surface area contributed by atoms with Gasteiger partial charge in [-0.25, -0.2) is 17.2 Å². The Morgan fingerprint density at radius 2 is 1.73 bits per heavy atom. The number of rotatable bonds is 3. The van der Waals surface area contributed by atoms with Crippen molar-refractivity contribution in [1.29, 1.82) is 0 Å². The molecule has 22 heavy (non-hydrogen) atoms. The van der Waals surface area contributed by atoms with Gasteiger partial charge >= 0.3 is 5.97 Å². The van der Waals surface area contributed by atoms with E-state index in [4.69, 9.17) is 0 Å². The van der Waals surface area contributed by atoms with Gasteiger partial charge in [0, 0.05) is 5.39 Å². The second-order valence-electron chi connectivity index (χ2n) is 4.92. The summed E-state index contributed by atoms with van der Waals surface area (Å²) in [5, 5.41) is 9.99. The molecule has 0 unspecified atom stereocenters. The summed E-state index contributed by atoms with van der Waals surface area (Å²) in [4.78, 5) is 11.5. The van der Waals surface area contributed by atoms with Crippen molar-refractivity contribution < 1.29 is 18.3 Å². The van der Waals surface area contributed by atoms with Crippen LogP contribution in [-0.2, 0) is 10.0 Å². The quantitative estimate of drug-likeness (QED) is 0.806. The average Bonchev–Trinajstić information content (AvgIpc) is 2.90. The van der Waals surface area contributed by atoms with Crippen molar-refractivity contribution in [3.63, 3.8) is 0 Å². The first-order valence-corrected chi connectivity index (χ1v) is 8.02. The molecule has 0 amide bonds. The number of aryl methyl sites for hydroxylation is 1. The van der Waals surface area contributed by atoms with Crippen LogP contribution in [0.5, 0.6) is 0 Å². The van der Waals surface area contributed by atoms with Crippen LogP contribution in [0.1, 0.15) is 16.1 Å². The highest BCUT2D eigenvalue weighted by Crippen LogP contribution is 2.27. The van der Waals surface area contributed by atoms with Gasteiger partial charge < -0.3 is 5.11 Å². The Balaban J connectivity index is 2.42. The minimum atomic E-state index is -3.98. The van der Waals surface area contributed by atoms with Crippen LogP contribution in [0.15, 0.2) is 59.5 Å². The van der Waals surface area contributed by atoms with Crippen LogP contribution in [0, 0.1) is 6.92 Å². The lowest BCUT2D eigenvalue weighted by atomic mass is 10.1. The van der Waals surface area contributed by atoms with E-state index in [-0.39, 0.29) is 10.6 Å². The smallest absolute Gasteiger partial charge is 0.353 e. The summed E-state index contributed by atoms with van der Waals surface area (Å²) in [6.45, 7) is 1.81. The number of aromatic nitrogens is 1. The number of hydrogen-bond acceptors (Lipinski definition) is 3. The Kier molecular flexibility index (Phi) is 3.26. The molecule has 0 aliphatic rings. The Morgan fingerprint density at radius 3 is 2.36 bits per heavy atom. The third-order valence-corrected chi connectivity index (χ3v) is 5.26. The largest absolute Gasteiger partial charge is 0.477 e. The van der Waals surface area contributed by atoms with Crippen LogP contribution in [-0.4, -0.2) is 23.5 Å². The van der Waals surface area contributed by atoms with E-state index in [0.717, 1.165) is 9.54 Å². The molecule has 5 nitrogen and oxygen atoms in total. The Bertz CT molecular complexity index is 972. The van der Waals surface area contributed by atoms with E-state index in [9.17, 15) is 18.3 Å². The fourth-order valence-corrected chi connectivity index (χ4v) is 3.98. The Morgan fingerprint density at radius 1 is 1.05 bits per heavy atom. The molecule has 1 N–H and O–H groups in total. The van der Waals surface area contributed by atoms with Crippen molar-refractivity contribution in [3.8, 4) is 0 Å². The molecule has 0 saturated carbocycles. The van der Waals surface area contributed by atoms with Crippen LogP contribution in [0.3, 0.4) is 0 Å². The molecule has 2 aromatic carbocycles. The van der Waals surface area contributed by atoms with Gasteiger partial charge in [0.25, 0.3) is 10.0 Å². The maximum Gasteiger partial charge on any atom is 0.353 e. The minimum absolute atomic E-state index is 0.0523. The van der Waals surface area contributed by atoms with Gasteiger partial charge in [-0.1, -0.05) is 30.3 Å². The highest BCUT2D eigenvalue weighted by molar-refractivity contribution is 7.90. The summed E-state index contributed by atoms with van der Waals surface area (Å²) >= 11 is 0. The number of carbonyl (C=O) groups is 1. The maximum atomic E-state index is 12.8. The number of aromatic carboxylic acids is 1. The summed E-state index contributed by atoms with van der Waals surface area (Å²) in [6, 6.07) is 14.3. The Hall–Kier alpha value is -2.60. The van der Waals surface area contributed by atoms with E-state index < -0.39 is 16.0 Å². The van der Waals surface area contributed by atoms with Crippen molar-refractivity contribution in [2.24, 2.45) is 0 Å². The predicted molar refractivity (Wildman–Crippen MR) is 82.7 cm³/mol. The molecular weight excluding hydrogens is 302 g/mol. The summed E-state index contributed by atoms with van der Waals surface area (Å²) in [6.07, 6.45) is 0. The zero-order chi connectivity index (χ0) is 15.9. The minimum Gasteiger partial charge on any atom is -0.477 e. The van der Waals surface area contributed by atoms with Crippen molar-refractivity contribution in [2.45, 2.75) is 11.8 Å². The third kappa shape index (κ3) is 2.08. The highest BCUT2D eigenvalue weighted by Gasteiger charge is 2.26. The van der Waals surface area contributed by atoms with Gasteiger partial charge in [0.2, 0.25) is 0 Å². The van der Waals surface area contributed by atoms with Crippen LogP contribution in [0.25, 0.3) is 10.9 Å². The molecule has 3 rings (SSSR count). The maximum absolute atomic E-state index is 12.8. The lowest BCUT2D eigenvalue weighted by Gasteiger charge is -2.10. The number of nitrogens with zero attached hydrogens (tertiary/aromatic N) is 1. The fraction of sp³-hybridized carbons (Fsp3) is 0.0625.